The van der Waals surface area contributed by atoms with Crippen molar-refractivity contribution in [2.24, 2.45) is 5.92 Å². The highest BCUT2D eigenvalue weighted by atomic mass is 35.5. The van der Waals surface area contributed by atoms with E-state index in [1.54, 1.807) is 42.3 Å². The van der Waals surface area contributed by atoms with Gasteiger partial charge in [0.1, 0.15) is 0 Å². The highest BCUT2D eigenvalue weighted by molar-refractivity contribution is 7.88. The van der Waals surface area contributed by atoms with Gasteiger partial charge in [0.2, 0.25) is 15.9 Å². The van der Waals surface area contributed by atoms with Gasteiger partial charge < -0.3 is 4.90 Å². The first kappa shape index (κ1) is 23.4. The summed E-state index contributed by atoms with van der Waals surface area (Å²) in [6, 6.07) is 12.1. The van der Waals surface area contributed by atoms with Crippen molar-refractivity contribution in [3.63, 3.8) is 0 Å². The molecule has 1 atom stereocenters. The predicted molar refractivity (Wildman–Crippen MR) is 121 cm³/mol. The van der Waals surface area contributed by atoms with E-state index in [2.05, 4.69) is 0 Å². The summed E-state index contributed by atoms with van der Waals surface area (Å²) in [7, 11) is -1.84. The summed E-state index contributed by atoms with van der Waals surface area (Å²) in [6.45, 7) is 1.05. The Morgan fingerprint density at radius 3 is 2.40 bits per heavy atom. The Hall–Kier alpha value is -1.31. The zero-order valence-corrected chi connectivity index (χ0v) is 19.6. The second-order valence-corrected chi connectivity index (χ2v) is 10.7. The highest BCUT2D eigenvalue weighted by Gasteiger charge is 2.33. The maximum Gasteiger partial charge on any atom is 0.227 e. The van der Waals surface area contributed by atoms with E-state index in [0.29, 0.717) is 46.6 Å². The largest absolute Gasteiger partial charge is 0.341 e. The van der Waals surface area contributed by atoms with Crippen LogP contribution in [0.4, 0.5) is 0 Å². The van der Waals surface area contributed by atoms with E-state index in [9.17, 15) is 13.2 Å². The van der Waals surface area contributed by atoms with Crippen LogP contribution in [0.2, 0.25) is 15.1 Å². The molecule has 3 rings (SSSR count). The Morgan fingerprint density at radius 1 is 1.07 bits per heavy atom. The van der Waals surface area contributed by atoms with Crippen LogP contribution in [0.1, 0.15) is 24.0 Å². The van der Waals surface area contributed by atoms with E-state index in [4.69, 9.17) is 34.8 Å². The van der Waals surface area contributed by atoms with E-state index in [1.165, 1.54) is 4.31 Å². The van der Waals surface area contributed by atoms with Gasteiger partial charge in [0.05, 0.1) is 21.7 Å². The number of carbonyl (C=O) groups excluding carboxylic acids is 1. The molecule has 1 fully saturated rings. The maximum absolute atomic E-state index is 12.9. The van der Waals surface area contributed by atoms with E-state index in [-0.39, 0.29) is 24.1 Å². The fourth-order valence-electron chi connectivity index (χ4n) is 3.58. The maximum atomic E-state index is 12.9. The van der Waals surface area contributed by atoms with Crippen molar-refractivity contribution < 1.29 is 13.2 Å². The van der Waals surface area contributed by atoms with Gasteiger partial charge in [-0.25, -0.2) is 12.7 Å². The number of rotatable bonds is 6. The van der Waals surface area contributed by atoms with Crippen molar-refractivity contribution in [2.45, 2.75) is 25.1 Å². The quantitative estimate of drug-likeness (QED) is 0.583. The molecular formula is C21H23Cl3N2O3S. The van der Waals surface area contributed by atoms with E-state index >= 15 is 0 Å². The molecule has 0 saturated carbocycles. The van der Waals surface area contributed by atoms with Crippen LogP contribution in [0.15, 0.2) is 42.5 Å². The van der Waals surface area contributed by atoms with Crippen LogP contribution >= 0.6 is 34.8 Å². The molecule has 1 aliphatic rings. The Kier molecular flexibility index (Phi) is 7.69. The lowest BCUT2D eigenvalue weighted by molar-refractivity contribution is -0.135. The minimum atomic E-state index is -3.58. The predicted octanol–water partition coefficient (Wildman–Crippen LogP) is 4.85. The minimum absolute atomic E-state index is 0.0561. The van der Waals surface area contributed by atoms with Crippen molar-refractivity contribution in [2.75, 3.05) is 20.1 Å². The van der Waals surface area contributed by atoms with Gasteiger partial charge >= 0.3 is 0 Å². The molecule has 0 spiro atoms. The summed E-state index contributed by atoms with van der Waals surface area (Å²) in [5.41, 5.74) is 1.54. The molecule has 9 heteroatoms. The molecule has 2 aromatic rings. The summed E-state index contributed by atoms with van der Waals surface area (Å²) in [5, 5.41) is 1.34. The Labute approximate surface area is 192 Å². The van der Waals surface area contributed by atoms with Crippen molar-refractivity contribution in [3.05, 3.63) is 68.7 Å². The van der Waals surface area contributed by atoms with Crippen molar-refractivity contribution in [1.29, 1.82) is 0 Å². The lowest BCUT2D eigenvalue weighted by Crippen LogP contribution is -2.46. The number of halogens is 3. The molecule has 1 amide bonds. The number of sulfonamides is 1. The Balaban J connectivity index is 1.65. The smallest absolute Gasteiger partial charge is 0.227 e. The first-order chi connectivity index (χ1) is 14.2. The molecule has 0 radical (unpaired) electrons. The molecule has 162 valence electrons. The van der Waals surface area contributed by atoms with Crippen LogP contribution in [0.5, 0.6) is 0 Å². The Morgan fingerprint density at radius 2 is 1.73 bits per heavy atom. The zero-order valence-electron chi connectivity index (χ0n) is 16.5. The van der Waals surface area contributed by atoms with Crippen molar-refractivity contribution in [3.8, 4) is 0 Å². The average molecular weight is 490 g/mol. The molecule has 1 heterocycles. The fourth-order valence-corrected chi connectivity index (χ4v) is 5.63. The van der Waals surface area contributed by atoms with Crippen LogP contribution in [0, 0.1) is 5.92 Å². The van der Waals surface area contributed by atoms with Crippen molar-refractivity contribution >= 4 is 50.7 Å². The van der Waals surface area contributed by atoms with E-state index < -0.39 is 10.0 Å². The van der Waals surface area contributed by atoms with Gasteiger partial charge in [0, 0.05) is 31.7 Å². The molecule has 1 saturated heterocycles. The molecule has 2 aromatic carbocycles. The molecule has 5 nitrogen and oxygen atoms in total. The fraction of sp³-hybridized carbons (Fsp3) is 0.381. The van der Waals surface area contributed by atoms with Gasteiger partial charge in [-0.15, -0.1) is 0 Å². The number of amides is 1. The van der Waals surface area contributed by atoms with Crippen LogP contribution in [-0.4, -0.2) is 43.7 Å². The summed E-state index contributed by atoms with van der Waals surface area (Å²) >= 11 is 17.8. The van der Waals surface area contributed by atoms with Gasteiger partial charge in [-0.2, -0.15) is 0 Å². The third-order valence-electron chi connectivity index (χ3n) is 5.17. The minimum Gasteiger partial charge on any atom is -0.341 e. The number of carbonyl (C=O) groups is 1. The first-order valence-corrected chi connectivity index (χ1v) is 12.3. The Bertz CT molecular complexity index is 1010. The van der Waals surface area contributed by atoms with Gasteiger partial charge in [-0.3, -0.25) is 4.79 Å². The lowest BCUT2D eigenvalue weighted by Gasteiger charge is -2.33. The van der Waals surface area contributed by atoms with Gasteiger partial charge in [-0.1, -0.05) is 53.0 Å². The SMILES string of the molecule is CN(Cc1ccc(Cl)cc1)C(=O)[C@H]1CCCN(S(=O)(=O)Cc2ccc(Cl)c(Cl)c2)C1. The number of benzene rings is 2. The zero-order chi connectivity index (χ0) is 21.9. The molecule has 1 aliphatic heterocycles. The molecular weight excluding hydrogens is 467 g/mol. The van der Waals surface area contributed by atoms with E-state index in [0.717, 1.165) is 5.56 Å². The van der Waals surface area contributed by atoms with Crippen LogP contribution in [0.3, 0.4) is 0 Å². The van der Waals surface area contributed by atoms with E-state index in [1.807, 2.05) is 12.1 Å². The summed E-state index contributed by atoms with van der Waals surface area (Å²) in [5.74, 6) is -0.593. The molecule has 0 aromatic heterocycles. The monoisotopic (exact) mass is 488 g/mol. The van der Waals surface area contributed by atoms with Crippen LogP contribution in [0.25, 0.3) is 0 Å². The first-order valence-electron chi connectivity index (χ1n) is 9.57. The van der Waals surface area contributed by atoms with Gasteiger partial charge in [0.15, 0.2) is 0 Å². The number of piperidine rings is 1. The van der Waals surface area contributed by atoms with Gasteiger partial charge in [0.25, 0.3) is 0 Å². The summed E-state index contributed by atoms with van der Waals surface area (Å²) in [6.07, 6.45) is 1.31. The third-order valence-corrected chi connectivity index (χ3v) is 7.98. The van der Waals surface area contributed by atoms with Gasteiger partial charge in [-0.05, 0) is 48.2 Å². The topological polar surface area (TPSA) is 57.7 Å². The summed E-state index contributed by atoms with van der Waals surface area (Å²) < 4.78 is 27.3. The lowest BCUT2D eigenvalue weighted by atomic mass is 9.98. The average Bonchev–Trinajstić information content (AvgIpc) is 2.72. The van der Waals surface area contributed by atoms with Crippen LogP contribution < -0.4 is 0 Å². The standard InChI is InChI=1S/C21H23Cl3N2O3S/c1-25(12-15-4-7-18(22)8-5-15)21(27)17-3-2-10-26(13-17)30(28,29)14-16-6-9-19(23)20(24)11-16/h4-9,11,17H,2-3,10,12-14H2,1H3/t17-/m0/s1. The molecule has 0 bridgehead atoms. The number of hydrogen-bond acceptors (Lipinski definition) is 3. The second-order valence-electron chi connectivity index (χ2n) is 7.52. The number of nitrogens with zero attached hydrogens (tertiary/aromatic N) is 2. The molecule has 30 heavy (non-hydrogen) atoms. The second kappa shape index (κ2) is 9.88. The summed E-state index contributed by atoms with van der Waals surface area (Å²) in [4.78, 5) is 14.6. The van der Waals surface area contributed by atoms with Crippen LogP contribution in [-0.2, 0) is 27.1 Å². The van der Waals surface area contributed by atoms with Crippen molar-refractivity contribution in [1.82, 2.24) is 9.21 Å². The molecule has 0 unspecified atom stereocenters. The molecule has 0 N–H and O–H groups in total. The normalized spacial score (nSPS) is 17.7. The number of hydrogen-bond donors (Lipinski definition) is 0. The highest BCUT2D eigenvalue weighted by Crippen LogP contribution is 2.26. The third kappa shape index (κ3) is 5.89. The molecule has 0 aliphatic carbocycles.